The van der Waals surface area contributed by atoms with E-state index in [4.69, 9.17) is 14.0 Å². The molecule has 196 valence electrons. The lowest BCUT2D eigenvalue weighted by atomic mass is 10.2. The van der Waals surface area contributed by atoms with Gasteiger partial charge in [-0.15, -0.1) is 0 Å². The fraction of sp³-hybridized carbons (Fsp3) is 0.107. The molecule has 0 spiro atoms. The first-order chi connectivity index (χ1) is 19.0. The molecule has 1 aliphatic rings. The number of aromatic nitrogens is 2. The number of hydrogen-bond acceptors (Lipinski definition) is 9. The van der Waals surface area contributed by atoms with Crippen LogP contribution in [0.5, 0.6) is 17.4 Å². The maximum Gasteiger partial charge on any atom is 0.307 e. The molecule has 0 atom stereocenters. The van der Waals surface area contributed by atoms with E-state index in [1.165, 1.54) is 12.0 Å². The van der Waals surface area contributed by atoms with E-state index < -0.39 is 11.7 Å². The Bertz CT molecular complexity index is 1560. The Morgan fingerprint density at radius 2 is 1.64 bits per heavy atom. The van der Waals surface area contributed by atoms with Crippen LogP contribution in [0, 0.1) is 0 Å². The number of carbonyl (C=O) groups is 2. The number of aliphatic imine (C=N–C) groups is 1. The highest BCUT2D eigenvalue weighted by molar-refractivity contribution is 8.14. The minimum atomic E-state index is -0.860. The van der Waals surface area contributed by atoms with Crippen LogP contribution < -0.4 is 24.2 Å². The number of nitrogens with zero attached hydrogens (tertiary/aromatic N) is 4. The number of amides is 1. The smallest absolute Gasteiger partial charge is 0.307 e. The number of thioether (sulfide) groups is 1. The van der Waals surface area contributed by atoms with Crippen LogP contribution in [0.25, 0.3) is 11.8 Å². The molecule has 0 saturated heterocycles. The molecule has 0 radical (unpaired) electrons. The van der Waals surface area contributed by atoms with Gasteiger partial charge in [0.1, 0.15) is 17.2 Å². The first-order valence-corrected chi connectivity index (χ1v) is 12.7. The minimum Gasteiger partial charge on any atom is -0.539 e. The van der Waals surface area contributed by atoms with Crippen molar-refractivity contribution in [2.75, 3.05) is 24.9 Å². The van der Waals surface area contributed by atoms with E-state index in [9.17, 15) is 14.7 Å². The molecule has 0 unspecified atom stereocenters. The second-order valence-electron chi connectivity index (χ2n) is 8.20. The Balaban J connectivity index is 1.42. The van der Waals surface area contributed by atoms with E-state index in [1.807, 2.05) is 18.2 Å². The standard InChI is InChI=1S/C28H22N4O6S/c1-36-21-12-8-18(9-13-21)16-23-26(34)31(19-6-4-3-5-7-19)28(29-23)39-17-24(33)25-27(35)38-30-32(25)20-10-14-22(37-2)15-11-20/h3-16H,17H2,1-2H3/b23-16+. The maximum atomic E-state index is 13.4. The summed E-state index contributed by atoms with van der Waals surface area (Å²) in [5.74, 6) is -0.611. The summed E-state index contributed by atoms with van der Waals surface area (Å²) < 4.78 is 16.3. The Labute approximate surface area is 227 Å². The third-order valence-electron chi connectivity index (χ3n) is 5.79. The minimum absolute atomic E-state index is 0.183. The Morgan fingerprint density at radius 1 is 1.00 bits per heavy atom. The predicted molar refractivity (Wildman–Crippen MR) is 143 cm³/mol. The number of benzene rings is 3. The third kappa shape index (κ3) is 5.39. The highest BCUT2D eigenvalue weighted by Gasteiger charge is 2.34. The molecule has 5 rings (SSSR count). The van der Waals surface area contributed by atoms with Crippen LogP contribution >= 0.6 is 11.8 Å². The van der Waals surface area contributed by atoms with Gasteiger partial charge in [0.25, 0.3) is 5.91 Å². The van der Waals surface area contributed by atoms with E-state index >= 15 is 0 Å². The van der Waals surface area contributed by atoms with E-state index in [2.05, 4.69) is 10.3 Å². The Morgan fingerprint density at radius 3 is 2.28 bits per heavy atom. The number of amidine groups is 1. The second-order valence-corrected chi connectivity index (χ2v) is 9.15. The number of methoxy groups -OCH3 is 2. The topological polar surface area (TPSA) is 121 Å². The molecule has 0 saturated carbocycles. The zero-order valence-electron chi connectivity index (χ0n) is 20.9. The fourth-order valence-corrected chi connectivity index (χ4v) is 4.71. The normalized spacial score (nSPS) is 14.0. The number of anilines is 1. The molecule has 2 heterocycles. The molecule has 1 amide bonds. The summed E-state index contributed by atoms with van der Waals surface area (Å²) in [5, 5.41) is 16.4. The van der Waals surface area contributed by atoms with E-state index in [0.717, 1.165) is 22.0 Å². The molecular formula is C28H22N4O6S. The number of hydrogen-bond donors (Lipinski definition) is 0. The number of rotatable bonds is 8. The van der Waals surface area contributed by atoms with Crippen molar-refractivity contribution < 1.29 is 33.4 Å². The zero-order valence-corrected chi connectivity index (χ0v) is 21.8. The molecule has 3 aromatic carbocycles. The number of carbonyl (C=O) groups excluding carboxylic acids is 2. The average Bonchev–Trinajstić information content (AvgIpc) is 3.51. The van der Waals surface area contributed by atoms with Gasteiger partial charge in [-0.25, -0.2) is 4.99 Å². The SMILES string of the molecule is COc1ccc(/C=C2/N=C(SCC(=O)c3c([O-])on[n+]3-c3ccc(OC)cc3)N(c3ccccc3)C2=O)cc1. The van der Waals surface area contributed by atoms with Gasteiger partial charge in [-0.1, -0.05) is 42.1 Å². The summed E-state index contributed by atoms with van der Waals surface area (Å²) in [7, 11) is 3.11. The quantitative estimate of drug-likeness (QED) is 0.189. The van der Waals surface area contributed by atoms with Crippen LogP contribution in [0.15, 0.2) is 94.1 Å². The predicted octanol–water partition coefficient (Wildman–Crippen LogP) is 3.40. The number of ether oxygens (including phenoxy) is 2. The van der Waals surface area contributed by atoms with Crippen molar-refractivity contribution in [2.45, 2.75) is 0 Å². The van der Waals surface area contributed by atoms with E-state index in [1.54, 1.807) is 73.8 Å². The van der Waals surface area contributed by atoms with E-state index in [-0.39, 0.29) is 23.1 Å². The number of Topliss-reactive ketones (excluding diaryl/α,β-unsaturated/α-hetero) is 1. The van der Waals surface area contributed by atoms with Crippen molar-refractivity contribution >= 4 is 40.4 Å². The van der Waals surface area contributed by atoms with Crippen molar-refractivity contribution in [3.8, 4) is 23.1 Å². The number of ketones is 1. The number of para-hydroxylation sites is 1. The summed E-state index contributed by atoms with van der Waals surface area (Å²) in [4.78, 5) is 32.6. The fourth-order valence-electron chi connectivity index (χ4n) is 3.83. The average molecular weight is 543 g/mol. The van der Waals surface area contributed by atoms with Crippen molar-refractivity contribution in [1.29, 1.82) is 0 Å². The molecule has 0 fully saturated rings. The largest absolute Gasteiger partial charge is 0.539 e. The van der Waals surface area contributed by atoms with Crippen LogP contribution in [-0.4, -0.2) is 42.1 Å². The molecule has 0 bridgehead atoms. The van der Waals surface area contributed by atoms with Gasteiger partial charge < -0.3 is 19.1 Å². The van der Waals surface area contributed by atoms with Crippen molar-refractivity contribution in [3.05, 3.63) is 95.8 Å². The lowest BCUT2D eigenvalue weighted by molar-refractivity contribution is -0.672. The lowest BCUT2D eigenvalue weighted by Crippen LogP contribution is -2.39. The highest BCUT2D eigenvalue weighted by atomic mass is 32.2. The van der Waals surface area contributed by atoms with Crippen LogP contribution in [0.1, 0.15) is 16.1 Å². The second kappa shape index (κ2) is 11.2. The van der Waals surface area contributed by atoms with Gasteiger partial charge >= 0.3 is 5.69 Å². The van der Waals surface area contributed by atoms with Gasteiger partial charge in [0.05, 0.1) is 30.9 Å². The molecular weight excluding hydrogens is 520 g/mol. The molecule has 0 aliphatic carbocycles. The van der Waals surface area contributed by atoms with Gasteiger partial charge in [-0.3, -0.25) is 14.5 Å². The summed E-state index contributed by atoms with van der Waals surface area (Å²) in [6, 6.07) is 22.9. The van der Waals surface area contributed by atoms with Crippen molar-refractivity contribution in [3.63, 3.8) is 0 Å². The molecule has 39 heavy (non-hydrogen) atoms. The molecule has 10 nitrogen and oxygen atoms in total. The zero-order chi connectivity index (χ0) is 27.4. The van der Waals surface area contributed by atoms with E-state index in [0.29, 0.717) is 28.0 Å². The molecule has 0 N–H and O–H groups in total. The first kappa shape index (κ1) is 25.7. The van der Waals surface area contributed by atoms with Crippen LogP contribution in [-0.2, 0) is 4.79 Å². The maximum absolute atomic E-state index is 13.4. The third-order valence-corrected chi connectivity index (χ3v) is 6.73. The monoisotopic (exact) mass is 542 g/mol. The van der Waals surface area contributed by atoms with Crippen molar-refractivity contribution in [1.82, 2.24) is 5.27 Å². The van der Waals surface area contributed by atoms with Gasteiger partial charge in [0, 0.05) is 12.1 Å². The van der Waals surface area contributed by atoms with Crippen LogP contribution in [0.4, 0.5) is 5.69 Å². The first-order valence-electron chi connectivity index (χ1n) is 11.7. The summed E-state index contributed by atoms with van der Waals surface area (Å²) in [6.45, 7) is 0. The summed E-state index contributed by atoms with van der Waals surface area (Å²) in [5.41, 5.74) is 1.79. The summed E-state index contributed by atoms with van der Waals surface area (Å²) in [6.07, 6.45) is 1.67. The van der Waals surface area contributed by atoms with Crippen LogP contribution in [0.2, 0.25) is 0 Å². The highest BCUT2D eigenvalue weighted by Crippen LogP contribution is 2.30. The molecule has 11 heteroatoms. The van der Waals surface area contributed by atoms with Gasteiger partial charge in [-0.05, 0) is 52.7 Å². The Hall–Kier alpha value is -4.90. The molecule has 1 aromatic heterocycles. The lowest BCUT2D eigenvalue weighted by Gasteiger charge is -2.17. The van der Waals surface area contributed by atoms with Crippen LogP contribution in [0.3, 0.4) is 0 Å². The Kier molecular flexibility index (Phi) is 7.41. The van der Waals surface area contributed by atoms with Gasteiger partial charge in [0.15, 0.2) is 11.1 Å². The van der Waals surface area contributed by atoms with Gasteiger partial charge in [0.2, 0.25) is 11.5 Å². The van der Waals surface area contributed by atoms with Gasteiger partial charge in [-0.2, -0.15) is 0 Å². The summed E-state index contributed by atoms with van der Waals surface area (Å²) >= 11 is 1.04. The van der Waals surface area contributed by atoms with Crippen molar-refractivity contribution in [2.24, 2.45) is 4.99 Å². The molecule has 1 aliphatic heterocycles. The molecule has 4 aromatic rings.